The standard InChI is InChI=1S/C12H25NO/c1-3-10-13-11-8-6-5-7-9-12(11)14-4-2/h11-13H,3-10H2,1-2H3. The van der Waals surface area contributed by atoms with Crippen LogP contribution in [0.25, 0.3) is 0 Å². The summed E-state index contributed by atoms with van der Waals surface area (Å²) in [6, 6.07) is 0.609. The summed E-state index contributed by atoms with van der Waals surface area (Å²) in [5.74, 6) is 0. The van der Waals surface area contributed by atoms with Crippen LogP contribution >= 0.6 is 0 Å². The van der Waals surface area contributed by atoms with Crippen molar-refractivity contribution >= 4 is 0 Å². The highest BCUT2D eigenvalue weighted by atomic mass is 16.5. The monoisotopic (exact) mass is 199 g/mol. The summed E-state index contributed by atoms with van der Waals surface area (Å²) in [7, 11) is 0. The lowest BCUT2D eigenvalue weighted by Crippen LogP contribution is -2.41. The fourth-order valence-electron chi connectivity index (χ4n) is 2.25. The van der Waals surface area contributed by atoms with Crippen molar-refractivity contribution in [1.29, 1.82) is 0 Å². The van der Waals surface area contributed by atoms with Crippen molar-refractivity contribution in [1.82, 2.24) is 5.32 Å². The highest BCUT2D eigenvalue weighted by molar-refractivity contribution is 4.80. The summed E-state index contributed by atoms with van der Waals surface area (Å²) in [6.07, 6.45) is 8.32. The van der Waals surface area contributed by atoms with Crippen molar-refractivity contribution < 1.29 is 4.74 Å². The van der Waals surface area contributed by atoms with Crippen LogP contribution in [0.2, 0.25) is 0 Å². The van der Waals surface area contributed by atoms with E-state index < -0.39 is 0 Å². The Morgan fingerprint density at radius 1 is 1.14 bits per heavy atom. The summed E-state index contributed by atoms with van der Waals surface area (Å²) >= 11 is 0. The normalized spacial score (nSPS) is 28.7. The number of hydrogen-bond acceptors (Lipinski definition) is 2. The van der Waals surface area contributed by atoms with Crippen molar-refractivity contribution in [2.24, 2.45) is 0 Å². The third kappa shape index (κ3) is 3.97. The molecule has 0 radical (unpaired) electrons. The Morgan fingerprint density at radius 2 is 1.93 bits per heavy atom. The lowest BCUT2D eigenvalue weighted by Gasteiger charge is -2.25. The molecule has 0 heterocycles. The SMILES string of the molecule is CCCNC1CCCCCC1OCC. The van der Waals surface area contributed by atoms with Crippen LogP contribution in [-0.2, 0) is 4.74 Å². The van der Waals surface area contributed by atoms with Crippen LogP contribution in [0.15, 0.2) is 0 Å². The molecule has 1 N–H and O–H groups in total. The summed E-state index contributed by atoms with van der Waals surface area (Å²) in [4.78, 5) is 0. The summed E-state index contributed by atoms with van der Waals surface area (Å²) in [5.41, 5.74) is 0. The summed E-state index contributed by atoms with van der Waals surface area (Å²) in [6.45, 7) is 6.31. The Bertz CT molecular complexity index is 138. The summed E-state index contributed by atoms with van der Waals surface area (Å²) < 4.78 is 5.81. The number of nitrogens with one attached hydrogen (secondary N) is 1. The molecular formula is C12H25NO. The molecule has 0 aliphatic heterocycles. The van der Waals surface area contributed by atoms with Crippen molar-refractivity contribution in [2.45, 2.75) is 64.5 Å². The fraction of sp³-hybridized carbons (Fsp3) is 1.00. The van der Waals surface area contributed by atoms with E-state index in [0.29, 0.717) is 12.1 Å². The molecule has 1 saturated carbocycles. The molecule has 0 spiro atoms. The average Bonchev–Trinajstić information content (AvgIpc) is 2.41. The Labute approximate surface area is 88.4 Å². The van der Waals surface area contributed by atoms with E-state index in [2.05, 4.69) is 19.2 Å². The van der Waals surface area contributed by atoms with Gasteiger partial charge in [0.15, 0.2) is 0 Å². The molecule has 2 nitrogen and oxygen atoms in total. The van der Waals surface area contributed by atoms with Crippen molar-refractivity contribution in [3.63, 3.8) is 0 Å². The Balaban J connectivity index is 2.37. The van der Waals surface area contributed by atoms with E-state index in [0.717, 1.165) is 13.2 Å². The Hall–Kier alpha value is -0.0800. The lowest BCUT2D eigenvalue weighted by molar-refractivity contribution is 0.0302. The smallest absolute Gasteiger partial charge is 0.0727 e. The first-order valence-electron chi connectivity index (χ1n) is 6.23. The number of ether oxygens (including phenoxy) is 1. The number of hydrogen-bond donors (Lipinski definition) is 1. The van der Waals surface area contributed by atoms with Crippen LogP contribution in [0.4, 0.5) is 0 Å². The van der Waals surface area contributed by atoms with Gasteiger partial charge in [-0.15, -0.1) is 0 Å². The molecule has 1 rings (SSSR count). The van der Waals surface area contributed by atoms with Gasteiger partial charge in [0, 0.05) is 12.6 Å². The zero-order valence-electron chi connectivity index (χ0n) is 9.72. The molecular weight excluding hydrogens is 174 g/mol. The second kappa shape index (κ2) is 7.24. The van der Waals surface area contributed by atoms with Gasteiger partial charge in [0.1, 0.15) is 0 Å². The predicted octanol–water partition coefficient (Wildman–Crippen LogP) is 2.72. The predicted molar refractivity (Wildman–Crippen MR) is 60.6 cm³/mol. The van der Waals surface area contributed by atoms with Crippen LogP contribution < -0.4 is 5.32 Å². The summed E-state index contributed by atoms with van der Waals surface area (Å²) in [5, 5.41) is 3.62. The maximum Gasteiger partial charge on any atom is 0.0727 e. The van der Waals surface area contributed by atoms with Crippen molar-refractivity contribution in [3.8, 4) is 0 Å². The molecule has 84 valence electrons. The Kier molecular flexibility index (Phi) is 6.20. The van der Waals surface area contributed by atoms with Crippen LogP contribution in [0.5, 0.6) is 0 Å². The highest BCUT2D eigenvalue weighted by Crippen LogP contribution is 2.20. The van der Waals surface area contributed by atoms with E-state index >= 15 is 0 Å². The van der Waals surface area contributed by atoms with Gasteiger partial charge in [-0.05, 0) is 32.7 Å². The van der Waals surface area contributed by atoms with E-state index in [1.165, 1.54) is 38.5 Å². The van der Waals surface area contributed by atoms with Gasteiger partial charge in [-0.1, -0.05) is 26.2 Å². The molecule has 0 aromatic carbocycles. The molecule has 0 amide bonds. The first-order chi connectivity index (χ1) is 6.88. The molecule has 2 unspecified atom stereocenters. The zero-order valence-corrected chi connectivity index (χ0v) is 9.72. The van der Waals surface area contributed by atoms with E-state index in [9.17, 15) is 0 Å². The minimum absolute atomic E-state index is 0.467. The third-order valence-corrected chi connectivity index (χ3v) is 2.99. The van der Waals surface area contributed by atoms with Gasteiger partial charge in [0.25, 0.3) is 0 Å². The van der Waals surface area contributed by atoms with Crippen LogP contribution in [0, 0.1) is 0 Å². The van der Waals surface area contributed by atoms with Gasteiger partial charge in [-0.2, -0.15) is 0 Å². The molecule has 2 heteroatoms. The topological polar surface area (TPSA) is 21.3 Å². The Morgan fingerprint density at radius 3 is 2.64 bits per heavy atom. The van der Waals surface area contributed by atoms with Gasteiger partial charge in [-0.3, -0.25) is 0 Å². The average molecular weight is 199 g/mol. The molecule has 0 bridgehead atoms. The molecule has 1 aliphatic rings. The minimum atomic E-state index is 0.467. The second-order valence-electron chi connectivity index (χ2n) is 4.19. The van der Waals surface area contributed by atoms with E-state index in [-0.39, 0.29) is 0 Å². The van der Waals surface area contributed by atoms with Gasteiger partial charge >= 0.3 is 0 Å². The first kappa shape index (κ1) is 12.0. The maximum absolute atomic E-state index is 5.81. The van der Waals surface area contributed by atoms with E-state index in [4.69, 9.17) is 4.74 Å². The molecule has 0 aromatic rings. The molecule has 1 aliphatic carbocycles. The zero-order chi connectivity index (χ0) is 10.2. The largest absolute Gasteiger partial charge is 0.377 e. The van der Waals surface area contributed by atoms with E-state index in [1.54, 1.807) is 0 Å². The fourth-order valence-corrected chi connectivity index (χ4v) is 2.25. The van der Waals surface area contributed by atoms with Crippen molar-refractivity contribution in [2.75, 3.05) is 13.2 Å². The van der Waals surface area contributed by atoms with Crippen LogP contribution in [0.1, 0.15) is 52.4 Å². The molecule has 1 fully saturated rings. The molecule has 14 heavy (non-hydrogen) atoms. The number of rotatable bonds is 5. The molecule has 0 aromatic heterocycles. The molecule has 0 saturated heterocycles. The maximum atomic E-state index is 5.81. The van der Waals surface area contributed by atoms with Gasteiger partial charge in [0.05, 0.1) is 6.10 Å². The van der Waals surface area contributed by atoms with Gasteiger partial charge in [0.2, 0.25) is 0 Å². The van der Waals surface area contributed by atoms with Gasteiger partial charge < -0.3 is 10.1 Å². The third-order valence-electron chi connectivity index (χ3n) is 2.99. The minimum Gasteiger partial charge on any atom is -0.377 e. The van der Waals surface area contributed by atoms with Crippen LogP contribution in [-0.4, -0.2) is 25.3 Å². The highest BCUT2D eigenvalue weighted by Gasteiger charge is 2.22. The van der Waals surface area contributed by atoms with Crippen LogP contribution in [0.3, 0.4) is 0 Å². The van der Waals surface area contributed by atoms with Crippen molar-refractivity contribution in [3.05, 3.63) is 0 Å². The quantitative estimate of drug-likeness (QED) is 0.687. The molecule has 2 atom stereocenters. The van der Waals surface area contributed by atoms with E-state index in [1.807, 2.05) is 0 Å². The van der Waals surface area contributed by atoms with Gasteiger partial charge in [-0.25, -0.2) is 0 Å². The second-order valence-corrected chi connectivity index (χ2v) is 4.19. The lowest BCUT2D eigenvalue weighted by atomic mass is 10.1. The first-order valence-corrected chi connectivity index (χ1v) is 6.23.